The van der Waals surface area contributed by atoms with Gasteiger partial charge in [-0.2, -0.15) is 5.10 Å². The Morgan fingerprint density at radius 3 is 2.73 bits per heavy atom. The zero-order valence-electron chi connectivity index (χ0n) is 10.2. The highest BCUT2D eigenvalue weighted by Gasteiger charge is 2.12. The highest BCUT2D eigenvalue weighted by atomic mass is 15.3. The monoisotopic (exact) mass is 209 g/mol. The molecule has 0 aliphatic heterocycles. The average molecular weight is 209 g/mol. The first-order valence-corrected chi connectivity index (χ1v) is 6.08. The first-order chi connectivity index (χ1) is 7.33. The molecule has 0 aliphatic rings. The van der Waals surface area contributed by atoms with Crippen LogP contribution in [-0.2, 0) is 6.54 Å². The van der Waals surface area contributed by atoms with Crippen molar-refractivity contribution < 1.29 is 0 Å². The standard InChI is InChI=1S/C12H23N3/c1-4-8-13-11(6-3)12-7-9-14-15(12)10-5-2/h7,9,11,13H,4-6,8,10H2,1-3H3. The second-order valence-corrected chi connectivity index (χ2v) is 3.89. The lowest BCUT2D eigenvalue weighted by atomic mass is 10.1. The van der Waals surface area contributed by atoms with E-state index in [1.165, 1.54) is 12.1 Å². The van der Waals surface area contributed by atoms with Gasteiger partial charge in [0.25, 0.3) is 0 Å². The molecule has 0 fully saturated rings. The fourth-order valence-corrected chi connectivity index (χ4v) is 1.81. The molecule has 15 heavy (non-hydrogen) atoms. The number of hydrogen-bond donors (Lipinski definition) is 1. The molecular weight excluding hydrogens is 186 g/mol. The van der Waals surface area contributed by atoms with Crippen molar-refractivity contribution in [3.8, 4) is 0 Å². The predicted molar refractivity (Wildman–Crippen MR) is 63.8 cm³/mol. The van der Waals surface area contributed by atoms with Crippen molar-refractivity contribution in [2.45, 2.75) is 52.6 Å². The number of aryl methyl sites for hydroxylation is 1. The molecule has 1 atom stereocenters. The van der Waals surface area contributed by atoms with E-state index in [9.17, 15) is 0 Å². The van der Waals surface area contributed by atoms with Crippen molar-refractivity contribution in [3.63, 3.8) is 0 Å². The van der Waals surface area contributed by atoms with Crippen LogP contribution in [0.1, 0.15) is 51.8 Å². The van der Waals surface area contributed by atoms with E-state index in [-0.39, 0.29) is 0 Å². The molecule has 3 heteroatoms. The SMILES string of the molecule is CCCNC(CC)c1ccnn1CCC. The van der Waals surface area contributed by atoms with Crippen LogP contribution in [0.5, 0.6) is 0 Å². The van der Waals surface area contributed by atoms with Crippen LogP contribution < -0.4 is 5.32 Å². The van der Waals surface area contributed by atoms with Gasteiger partial charge in [0.1, 0.15) is 0 Å². The molecule has 0 bridgehead atoms. The number of nitrogens with zero attached hydrogens (tertiary/aromatic N) is 2. The van der Waals surface area contributed by atoms with Crippen LogP contribution in [-0.4, -0.2) is 16.3 Å². The molecule has 1 aromatic heterocycles. The fourth-order valence-electron chi connectivity index (χ4n) is 1.81. The van der Waals surface area contributed by atoms with Gasteiger partial charge in [0.2, 0.25) is 0 Å². The smallest absolute Gasteiger partial charge is 0.0553 e. The molecule has 1 aromatic rings. The van der Waals surface area contributed by atoms with Gasteiger partial charge in [0.05, 0.1) is 5.69 Å². The maximum atomic E-state index is 4.36. The maximum absolute atomic E-state index is 4.36. The normalized spacial score (nSPS) is 13.0. The number of rotatable bonds is 7. The molecule has 0 amide bonds. The summed E-state index contributed by atoms with van der Waals surface area (Å²) in [7, 11) is 0. The third-order valence-electron chi connectivity index (χ3n) is 2.59. The van der Waals surface area contributed by atoms with E-state index in [4.69, 9.17) is 0 Å². The van der Waals surface area contributed by atoms with Crippen molar-refractivity contribution in [3.05, 3.63) is 18.0 Å². The van der Waals surface area contributed by atoms with Crippen LogP contribution in [0.4, 0.5) is 0 Å². The van der Waals surface area contributed by atoms with Crippen LogP contribution >= 0.6 is 0 Å². The van der Waals surface area contributed by atoms with Crippen molar-refractivity contribution in [1.29, 1.82) is 0 Å². The molecule has 0 saturated heterocycles. The summed E-state index contributed by atoms with van der Waals surface area (Å²) < 4.78 is 2.12. The Morgan fingerprint density at radius 2 is 2.13 bits per heavy atom. The minimum Gasteiger partial charge on any atom is -0.309 e. The first-order valence-electron chi connectivity index (χ1n) is 6.08. The van der Waals surface area contributed by atoms with Gasteiger partial charge in [-0.05, 0) is 31.9 Å². The van der Waals surface area contributed by atoms with Crippen molar-refractivity contribution in [2.75, 3.05) is 6.54 Å². The van der Waals surface area contributed by atoms with Gasteiger partial charge in [-0.1, -0.05) is 20.8 Å². The highest BCUT2D eigenvalue weighted by molar-refractivity contribution is 5.06. The Labute approximate surface area is 92.9 Å². The molecule has 0 radical (unpaired) electrons. The van der Waals surface area contributed by atoms with Crippen molar-refractivity contribution in [1.82, 2.24) is 15.1 Å². The zero-order chi connectivity index (χ0) is 11.1. The summed E-state index contributed by atoms with van der Waals surface area (Å²) in [6.45, 7) is 8.70. The Bertz CT molecular complexity index is 268. The lowest BCUT2D eigenvalue weighted by molar-refractivity contribution is 0.461. The van der Waals surface area contributed by atoms with E-state index in [1.54, 1.807) is 0 Å². The van der Waals surface area contributed by atoms with Gasteiger partial charge in [0, 0.05) is 18.8 Å². The van der Waals surface area contributed by atoms with Crippen LogP contribution in [0, 0.1) is 0 Å². The molecule has 0 saturated carbocycles. The third-order valence-corrected chi connectivity index (χ3v) is 2.59. The van der Waals surface area contributed by atoms with Gasteiger partial charge in [-0.25, -0.2) is 0 Å². The van der Waals surface area contributed by atoms with Gasteiger partial charge in [-0.3, -0.25) is 4.68 Å². The minimum absolute atomic E-state index is 0.457. The van der Waals surface area contributed by atoms with E-state index in [2.05, 4.69) is 41.9 Å². The lowest BCUT2D eigenvalue weighted by Gasteiger charge is -2.18. The molecule has 1 rings (SSSR count). The fraction of sp³-hybridized carbons (Fsp3) is 0.750. The second kappa shape index (κ2) is 6.62. The van der Waals surface area contributed by atoms with E-state index in [1.807, 2.05) is 6.20 Å². The minimum atomic E-state index is 0.457. The number of aromatic nitrogens is 2. The van der Waals surface area contributed by atoms with Crippen LogP contribution in [0.2, 0.25) is 0 Å². The largest absolute Gasteiger partial charge is 0.309 e. The highest BCUT2D eigenvalue weighted by Crippen LogP contribution is 2.16. The van der Waals surface area contributed by atoms with Crippen molar-refractivity contribution in [2.24, 2.45) is 0 Å². The predicted octanol–water partition coefficient (Wildman–Crippen LogP) is 2.74. The lowest BCUT2D eigenvalue weighted by Crippen LogP contribution is -2.24. The quantitative estimate of drug-likeness (QED) is 0.748. The molecule has 1 heterocycles. The molecule has 0 aliphatic carbocycles. The molecule has 1 N–H and O–H groups in total. The summed E-state index contributed by atoms with van der Waals surface area (Å²) >= 11 is 0. The summed E-state index contributed by atoms with van der Waals surface area (Å²) in [5, 5.41) is 7.92. The van der Waals surface area contributed by atoms with E-state index in [0.717, 1.165) is 25.9 Å². The van der Waals surface area contributed by atoms with Crippen LogP contribution in [0.15, 0.2) is 12.3 Å². The Hall–Kier alpha value is -0.830. The molecule has 0 aromatic carbocycles. The van der Waals surface area contributed by atoms with E-state index < -0.39 is 0 Å². The Kier molecular flexibility index (Phi) is 5.40. The molecular formula is C12H23N3. The van der Waals surface area contributed by atoms with Gasteiger partial charge < -0.3 is 5.32 Å². The van der Waals surface area contributed by atoms with E-state index in [0.29, 0.717) is 6.04 Å². The summed E-state index contributed by atoms with van der Waals surface area (Å²) in [6, 6.07) is 2.59. The van der Waals surface area contributed by atoms with Crippen LogP contribution in [0.3, 0.4) is 0 Å². The summed E-state index contributed by atoms with van der Waals surface area (Å²) in [4.78, 5) is 0. The van der Waals surface area contributed by atoms with Crippen molar-refractivity contribution >= 4 is 0 Å². The second-order valence-electron chi connectivity index (χ2n) is 3.89. The molecule has 3 nitrogen and oxygen atoms in total. The van der Waals surface area contributed by atoms with Crippen LogP contribution in [0.25, 0.3) is 0 Å². The Morgan fingerprint density at radius 1 is 1.33 bits per heavy atom. The Balaban J connectivity index is 2.67. The summed E-state index contributed by atoms with van der Waals surface area (Å²) in [5.41, 5.74) is 1.33. The van der Waals surface area contributed by atoms with E-state index >= 15 is 0 Å². The summed E-state index contributed by atoms with van der Waals surface area (Å²) in [6.07, 6.45) is 5.34. The first kappa shape index (κ1) is 12.2. The topological polar surface area (TPSA) is 29.9 Å². The molecule has 1 unspecified atom stereocenters. The zero-order valence-corrected chi connectivity index (χ0v) is 10.2. The third kappa shape index (κ3) is 3.34. The molecule has 0 spiro atoms. The van der Waals surface area contributed by atoms with Gasteiger partial charge in [-0.15, -0.1) is 0 Å². The number of hydrogen-bond acceptors (Lipinski definition) is 2. The van der Waals surface area contributed by atoms with Gasteiger partial charge >= 0.3 is 0 Å². The van der Waals surface area contributed by atoms with Gasteiger partial charge in [0.15, 0.2) is 0 Å². The molecule has 86 valence electrons. The summed E-state index contributed by atoms with van der Waals surface area (Å²) in [5.74, 6) is 0. The average Bonchev–Trinajstić information content (AvgIpc) is 2.68. The number of nitrogens with one attached hydrogen (secondary N) is 1. The maximum Gasteiger partial charge on any atom is 0.0553 e.